The molecule has 20 nitrogen and oxygen atoms in total. The Morgan fingerprint density at radius 1 is 0.476 bits per heavy atom. The molecule has 0 aromatic carbocycles. The largest absolute Gasteiger partial charge is 0.391 e. The number of hydrogen-bond acceptors (Lipinski definition) is 16. The minimum absolute atomic E-state index is 0.0278. The van der Waals surface area contributed by atoms with E-state index in [9.17, 15) is 58.8 Å². The molecule has 0 aromatic rings. The standard InChI is InChI=1S/C33H47N3O12.C10H15NO4/c1-5-33(18-46-9-6-24(37)15-34-27(40)12-21(2)30(34)43,19-47-10-7-25(38)16-35-28(41)13-22(3)31(35)44)20-48-11-8-26(39)17-36-29(42)14-23(4)32(36)45;1-7-5-9(13)11(10(7)14)6-8(12)3-4-15-2/h24-26,37-39H,2-20H2,1H3;8,12H,1,3-6H2,2H3. The van der Waals surface area contributed by atoms with Crippen molar-refractivity contribution in [3.8, 4) is 0 Å². The molecule has 4 unspecified atom stereocenters. The molecule has 0 aliphatic carbocycles. The summed E-state index contributed by atoms with van der Waals surface area (Å²) < 4.78 is 22.5. The highest BCUT2D eigenvalue weighted by Crippen LogP contribution is 2.26. The van der Waals surface area contributed by atoms with Gasteiger partial charge in [-0.2, -0.15) is 0 Å². The number of amides is 8. The van der Waals surface area contributed by atoms with Gasteiger partial charge in [-0.1, -0.05) is 33.2 Å². The van der Waals surface area contributed by atoms with Crippen molar-refractivity contribution in [1.82, 2.24) is 19.6 Å². The van der Waals surface area contributed by atoms with Crippen LogP contribution in [0, 0.1) is 5.41 Å². The van der Waals surface area contributed by atoms with Crippen LogP contribution in [0.15, 0.2) is 48.6 Å². The lowest BCUT2D eigenvalue weighted by Crippen LogP contribution is -2.40. The molecule has 0 aromatic heterocycles. The van der Waals surface area contributed by atoms with Crippen molar-refractivity contribution in [3.05, 3.63) is 48.6 Å². The van der Waals surface area contributed by atoms with Gasteiger partial charge in [0.05, 0.1) is 96.1 Å². The molecule has 4 atom stereocenters. The number of aliphatic hydroxyl groups excluding tert-OH is 4. The Balaban J connectivity index is 0.000000592. The normalized spacial score (nSPS) is 20.1. The minimum atomic E-state index is -1.01. The third-order valence-electron chi connectivity index (χ3n) is 10.8. The molecule has 63 heavy (non-hydrogen) atoms. The third-order valence-corrected chi connectivity index (χ3v) is 10.8. The number of imide groups is 4. The van der Waals surface area contributed by atoms with Gasteiger partial charge < -0.3 is 39.4 Å². The monoisotopic (exact) mass is 890 g/mol. The molecule has 4 aliphatic heterocycles. The minimum Gasteiger partial charge on any atom is -0.391 e. The van der Waals surface area contributed by atoms with Crippen molar-refractivity contribution in [2.24, 2.45) is 5.41 Å². The Bertz CT molecular complexity index is 1630. The Hall–Kier alpha value is -4.80. The van der Waals surface area contributed by atoms with Gasteiger partial charge in [0.15, 0.2) is 0 Å². The van der Waals surface area contributed by atoms with Gasteiger partial charge in [-0.15, -0.1) is 0 Å². The van der Waals surface area contributed by atoms with Crippen molar-refractivity contribution in [2.75, 3.05) is 79.5 Å². The first-order valence-electron chi connectivity index (χ1n) is 20.8. The van der Waals surface area contributed by atoms with E-state index in [2.05, 4.69) is 26.3 Å². The number of ether oxygens (including phenoxy) is 4. The summed E-state index contributed by atoms with van der Waals surface area (Å²) in [5.41, 5.74) is 0.146. The Morgan fingerprint density at radius 2 is 0.714 bits per heavy atom. The van der Waals surface area contributed by atoms with Crippen LogP contribution in [-0.4, -0.2) is 191 Å². The first kappa shape index (κ1) is 52.5. The summed E-state index contributed by atoms with van der Waals surface area (Å²) >= 11 is 0. The highest BCUT2D eigenvalue weighted by Gasteiger charge is 2.37. The van der Waals surface area contributed by atoms with Crippen LogP contribution in [0.2, 0.25) is 0 Å². The molecular formula is C43H62N4O16. The van der Waals surface area contributed by atoms with Crippen molar-refractivity contribution < 1.29 is 77.7 Å². The van der Waals surface area contributed by atoms with Crippen LogP contribution in [0.25, 0.3) is 0 Å². The summed E-state index contributed by atoms with van der Waals surface area (Å²) in [5, 5.41) is 40.7. The van der Waals surface area contributed by atoms with Crippen molar-refractivity contribution in [1.29, 1.82) is 0 Å². The second-order valence-corrected chi connectivity index (χ2v) is 16.1. The van der Waals surface area contributed by atoms with Crippen LogP contribution in [0.4, 0.5) is 0 Å². The molecule has 0 radical (unpaired) electrons. The molecule has 4 aliphatic rings. The van der Waals surface area contributed by atoms with E-state index in [1.807, 2.05) is 6.92 Å². The summed E-state index contributed by atoms with van der Waals surface area (Å²) in [7, 11) is 1.53. The molecule has 350 valence electrons. The first-order valence-corrected chi connectivity index (χ1v) is 20.8. The highest BCUT2D eigenvalue weighted by molar-refractivity contribution is 6.14. The molecule has 4 fully saturated rings. The number of hydrogen-bond donors (Lipinski definition) is 4. The number of aliphatic hydroxyl groups is 4. The second kappa shape index (κ2) is 24.9. The summed E-state index contributed by atoms with van der Waals surface area (Å²) in [6.45, 7) is 16.7. The zero-order valence-corrected chi connectivity index (χ0v) is 36.3. The van der Waals surface area contributed by atoms with Crippen LogP contribution in [-0.2, 0) is 57.3 Å². The molecule has 0 bridgehead atoms. The number of β-amino-alcohol motifs (C(OH)–C–C–N with tert-alkyl or cyclic N) is 4. The van der Waals surface area contributed by atoms with E-state index in [0.29, 0.717) is 25.0 Å². The van der Waals surface area contributed by atoms with Gasteiger partial charge in [-0.05, 0) is 32.1 Å². The fourth-order valence-electron chi connectivity index (χ4n) is 6.79. The quantitative estimate of drug-likeness (QED) is 0.0453. The van der Waals surface area contributed by atoms with Gasteiger partial charge in [0, 0.05) is 61.2 Å². The van der Waals surface area contributed by atoms with Crippen LogP contribution in [0.1, 0.15) is 64.7 Å². The van der Waals surface area contributed by atoms with E-state index < -0.39 is 65.3 Å². The zero-order valence-electron chi connectivity index (χ0n) is 36.3. The molecule has 4 heterocycles. The van der Waals surface area contributed by atoms with Crippen molar-refractivity contribution in [3.63, 3.8) is 0 Å². The average molecular weight is 891 g/mol. The topological polar surface area (TPSA) is 267 Å². The third kappa shape index (κ3) is 15.5. The molecule has 4 N–H and O–H groups in total. The smallest absolute Gasteiger partial charge is 0.256 e. The predicted octanol–water partition coefficient (Wildman–Crippen LogP) is -0.670. The Morgan fingerprint density at radius 3 is 0.905 bits per heavy atom. The number of nitrogens with zero attached hydrogens (tertiary/aromatic N) is 4. The van der Waals surface area contributed by atoms with Gasteiger partial charge in [-0.3, -0.25) is 58.0 Å². The highest BCUT2D eigenvalue weighted by atomic mass is 16.5. The maximum atomic E-state index is 12.1. The van der Waals surface area contributed by atoms with E-state index in [0.717, 1.165) is 19.6 Å². The SMILES string of the molecule is C=C1CC(=O)N(CC(O)CCOC)C1=O.C=C1CC(=O)N(CC(O)CCOCC(CC)(COCCC(O)CN2C(=O)CC(=C)C2=O)COCCC(O)CN2C(=O)CC(=C)C2=O)C1=O. The van der Waals surface area contributed by atoms with Gasteiger partial charge in [0.1, 0.15) is 0 Å². The lowest BCUT2D eigenvalue weighted by atomic mass is 9.88. The number of rotatable bonds is 27. The van der Waals surface area contributed by atoms with Crippen LogP contribution in [0.5, 0.6) is 0 Å². The maximum absolute atomic E-state index is 12.1. The molecule has 8 amide bonds. The van der Waals surface area contributed by atoms with E-state index in [1.54, 1.807) is 0 Å². The molecule has 4 saturated heterocycles. The zero-order chi connectivity index (χ0) is 47.0. The number of methoxy groups -OCH3 is 1. The van der Waals surface area contributed by atoms with Gasteiger partial charge in [0.25, 0.3) is 23.6 Å². The summed E-state index contributed by atoms with van der Waals surface area (Å²) in [6, 6.07) is 0. The van der Waals surface area contributed by atoms with E-state index in [4.69, 9.17) is 18.9 Å². The van der Waals surface area contributed by atoms with Crippen LogP contribution < -0.4 is 0 Å². The van der Waals surface area contributed by atoms with Gasteiger partial charge >= 0.3 is 0 Å². The molecule has 20 heteroatoms. The molecule has 0 spiro atoms. The van der Waals surface area contributed by atoms with Gasteiger partial charge in [0.2, 0.25) is 23.6 Å². The number of carbonyl (C=O) groups excluding carboxylic acids is 8. The second-order valence-electron chi connectivity index (χ2n) is 16.1. The lowest BCUT2D eigenvalue weighted by Gasteiger charge is -2.32. The Labute approximate surface area is 366 Å². The fourth-order valence-corrected chi connectivity index (χ4v) is 6.79. The van der Waals surface area contributed by atoms with Gasteiger partial charge in [-0.25, -0.2) is 0 Å². The lowest BCUT2D eigenvalue weighted by molar-refractivity contribution is -0.141. The predicted molar refractivity (Wildman–Crippen MR) is 221 cm³/mol. The molecule has 0 saturated carbocycles. The average Bonchev–Trinajstić information content (AvgIpc) is 3.82. The van der Waals surface area contributed by atoms with Crippen LogP contribution >= 0.6 is 0 Å². The molecule has 4 rings (SSSR count). The van der Waals surface area contributed by atoms with Crippen LogP contribution in [0.3, 0.4) is 0 Å². The van der Waals surface area contributed by atoms with E-state index >= 15 is 0 Å². The van der Waals surface area contributed by atoms with E-state index in [1.165, 1.54) is 7.11 Å². The summed E-state index contributed by atoms with van der Waals surface area (Å²) in [4.78, 5) is 98.9. The van der Waals surface area contributed by atoms with Crippen molar-refractivity contribution >= 4 is 47.3 Å². The van der Waals surface area contributed by atoms with E-state index in [-0.39, 0.29) is 139 Å². The number of carbonyl (C=O) groups is 8. The molecular weight excluding hydrogens is 828 g/mol. The Kier molecular flexibility index (Phi) is 20.8. The number of likely N-dealkylation sites (tertiary alicyclic amines) is 4. The maximum Gasteiger partial charge on any atom is 0.256 e. The van der Waals surface area contributed by atoms with Crippen molar-refractivity contribution in [2.45, 2.75) is 89.1 Å². The summed E-state index contributed by atoms with van der Waals surface area (Å²) in [5.74, 6) is -3.39. The summed E-state index contributed by atoms with van der Waals surface area (Å²) in [6.07, 6.45) is -2.53. The fraction of sp³-hybridized carbons (Fsp3) is 0.628. The first-order chi connectivity index (χ1) is 29.7.